The van der Waals surface area contributed by atoms with Crippen molar-refractivity contribution in [2.75, 3.05) is 33.0 Å². The van der Waals surface area contributed by atoms with Gasteiger partial charge in [-0.2, -0.15) is 0 Å². The van der Waals surface area contributed by atoms with E-state index >= 15 is 0 Å². The number of nitrogens with two attached hydrogens (primary N) is 1. The number of esters is 1. The second-order valence-corrected chi connectivity index (χ2v) is 10.4. The quantitative estimate of drug-likeness (QED) is 0.0577. The fourth-order valence-electron chi connectivity index (χ4n) is 3.58. The lowest BCUT2D eigenvalue weighted by molar-refractivity contribution is -0.151. The maximum atomic E-state index is 11.7. The molecule has 9 heteroatoms. The van der Waals surface area contributed by atoms with Crippen molar-refractivity contribution in [3.63, 3.8) is 0 Å². The topological polar surface area (TPSA) is 117 Å². The summed E-state index contributed by atoms with van der Waals surface area (Å²) in [4.78, 5) is 20.8. The van der Waals surface area contributed by atoms with Crippen LogP contribution in [0.5, 0.6) is 0 Å². The van der Waals surface area contributed by atoms with Crippen molar-refractivity contribution in [2.45, 2.75) is 116 Å². The van der Waals surface area contributed by atoms with E-state index in [2.05, 4.69) is 23.6 Å². The van der Waals surface area contributed by atoms with Crippen molar-refractivity contribution < 1.29 is 32.8 Å². The van der Waals surface area contributed by atoms with Gasteiger partial charge in [-0.05, 0) is 32.1 Å². The molecule has 2 unspecified atom stereocenters. The van der Waals surface area contributed by atoms with Gasteiger partial charge in [0.05, 0.1) is 19.8 Å². The van der Waals surface area contributed by atoms with Crippen LogP contribution in [-0.2, 0) is 27.9 Å². The Morgan fingerprint density at radius 1 is 0.829 bits per heavy atom. The molecule has 2 atom stereocenters. The Bertz CT molecular complexity index is 560. The number of allylic oxidation sites excluding steroid dienone is 2. The Labute approximate surface area is 213 Å². The first kappa shape index (κ1) is 34.2. The summed E-state index contributed by atoms with van der Waals surface area (Å²) in [6.45, 7) is 3.88. The molecular weight excluding hydrogens is 469 g/mol. The van der Waals surface area contributed by atoms with E-state index in [0.717, 1.165) is 12.8 Å². The highest BCUT2D eigenvalue weighted by Gasteiger charge is 2.24. The molecule has 0 aliphatic carbocycles. The number of ether oxygens (including phenoxy) is 2. The molecule has 0 bridgehead atoms. The minimum absolute atomic E-state index is 0.0980. The third kappa shape index (κ3) is 26.1. The van der Waals surface area contributed by atoms with Crippen LogP contribution >= 0.6 is 7.82 Å². The van der Waals surface area contributed by atoms with Crippen molar-refractivity contribution in [1.82, 2.24) is 0 Å². The molecule has 0 saturated carbocycles. The van der Waals surface area contributed by atoms with E-state index < -0.39 is 19.9 Å². The van der Waals surface area contributed by atoms with Crippen LogP contribution in [0, 0.1) is 0 Å². The summed E-state index contributed by atoms with van der Waals surface area (Å²) >= 11 is 0. The zero-order valence-electron chi connectivity index (χ0n) is 22.3. The van der Waals surface area contributed by atoms with Crippen LogP contribution in [0.4, 0.5) is 0 Å². The number of carbonyl (C=O) groups is 1. The molecule has 3 N–H and O–H groups in total. The maximum absolute atomic E-state index is 11.7. The molecule has 0 amide bonds. The molecule has 35 heavy (non-hydrogen) atoms. The van der Waals surface area contributed by atoms with Crippen molar-refractivity contribution in [3.8, 4) is 0 Å². The number of phosphoric acid groups is 1. The van der Waals surface area contributed by atoms with E-state index in [9.17, 15) is 14.3 Å². The molecular formula is C26H52NO7P. The van der Waals surface area contributed by atoms with Gasteiger partial charge in [0, 0.05) is 20.1 Å². The van der Waals surface area contributed by atoms with Gasteiger partial charge in [0.2, 0.25) is 0 Å². The van der Waals surface area contributed by atoms with Gasteiger partial charge in [-0.1, -0.05) is 83.3 Å². The lowest BCUT2D eigenvalue weighted by Gasteiger charge is -2.19. The number of hydrogen-bond donors (Lipinski definition) is 2. The third-order valence-corrected chi connectivity index (χ3v) is 6.47. The van der Waals surface area contributed by atoms with Crippen LogP contribution < -0.4 is 5.73 Å². The number of hydrogen-bond acceptors (Lipinski definition) is 7. The summed E-state index contributed by atoms with van der Waals surface area (Å²) in [5, 5.41) is 0. The second kappa shape index (κ2) is 24.9. The molecule has 8 nitrogen and oxygen atoms in total. The summed E-state index contributed by atoms with van der Waals surface area (Å²) in [6.07, 6.45) is 22.8. The van der Waals surface area contributed by atoms with Gasteiger partial charge in [0.1, 0.15) is 6.10 Å². The molecule has 0 spiro atoms. The summed E-state index contributed by atoms with van der Waals surface area (Å²) in [6, 6.07) is 0. The minimum Gasteiger partial charge on any atom is -0.458 e. The van der Waals surface area contributed by atoms with Crippen LogP contribution in [0.15, 0.2) is 12.2 Å². The Hall–Kier alpha value is -0.760. The number of rotatable bonds is 26. The van der Waals surface area contributed by atoms with Crippen LogP contribution in [0.25, 0.3) is 0 Å². The van der Waals surface area contributed by atoms with E-state index in [4.69, 9.17) is 19.7 Å². The molecule has 0 saturated heterocycles. The Morgan fingerprint density at radius 2 is 1.37 bits per heavy atom. The Morgan fingerprint density at radius 3 is 1.91 bits per heavy atom. The van der Waals surface area contributed by atoms with E-state index in [-0.39, 0.29) is 26.4 Å². The Kier molecular flexibility index (Phi) is 24.4. The molecule has 0 rings (SSSR count). The zero-order chi connectivity index (χ0) is 26.0. The molecule has 208 valence electrons. The second-order valence-electron chi connectivity index (χ2n) is 8.98. The minimum atomic E-state index is -4.22. The standard InChI is InChI=1S/C26H52NO7P/c1-3-4-5-6-7-8-9-10-11-12-13-14-15-16-17-18-19-21-31-23-26(34-25(2)28)24-33-35(29,30)32-22-20-27/h11-12,26H,3-10,13-24,27H2,1-2H3,(H,29,30)/b12-11-. The molecule has 0 fully saturated rings. The van der Waals surface area contributed by atoms with Crippen molar-refractivity contribution in [2.24, 2.45) is 5.73 Å². The average molecular weight is 522 g/mol. The van der Waals surface area contributed by atoms with E-state index in [1.54, 1.807) is 0 Å². The SMILES string of the molecule is CCCCCCCCC/C=C\CCCCCCCCOCC(COP(=O)(O)OCCN)OC(C)=O. The van der Waals surface area contributed by atoms with Gasteiger partial charge in [-0.15, -0.1) is 0 Å². The molecule has 0 heterocycles. The van der Waals surface area contributed by atoms with Crippen LogP contribution in [0.2, 0.25) is 0 Å². The third-order valence-electron chi connectivity index (χ3n) is 5.48. The predicted molar refractivity (Wildman–Crippen MR) is 141 cm³/mol. The van der Waals surface area contributed by atoms with Crippen molar-refractivity contribution in [1.29, 1.82) is 0 Å². The van der Waals surface area contributed by atoms with E-state index in [1.807, 2.05) is 0 Å². The van der Waals surface area contributed by atoms with Gasteiger partial charge < -0.3 is 20.1 Å². The van der Waals surface area contributed by atoms with Gasteiger partial charge in [-0.3, -0.25) is 13.8 Å². The highest BCUT2D eigenvalue weighted by atomic mass is 31.2. The first-order valence-electron chi connectivity index (χ1n) is 13.6. The summed E-state index contributed by atoms with van der Waals surface area (Å²) in [5.74, 6) is -0.509. The van der Waals surface area contributed by atoms with E-state index in [0.29, 0.717) is 6.61 Å². The lowest BCUT2D eigenvalue weighted by atomic mass is 10.1. The molecule has 0 aromatic rings. The first-order chi connectivity index (χ1) is 16.9. The summed E-state index contributed by atoms with van der Waals surface area (Å²) in [5.41, 5.74) is 5.24. The van der Waals surface area contributed by atoms with Crippen LogP contribution in [-0.4, -0.2) is 49.9 Å². The van der Waals surface area contributed by atoms with Crippen LogP contribution in [0.1, 0.15) is 110 Å². The zero-order valence-corrected chi connectivity index (χ0v) is 23.2. The predicted octanol–water partition coefficient (Wildman–Crippen LogP) is 6.45. The van der Waals surface area contributed by atoms with Gasteiger partial charge in [0.15, 0.2) is 0 Å². The first-order valence-corrected chi connectivity index (χ1v) is 15.1. The highest BCUT2D eigenvalue weighted by molar-refractivity contribution is 7.47. The smallest absolute Gasteiger partial charge is 0.458 e. The molecule has 0 aliphatic rings. The molecule has 0 radical (unpaired) electrons. The lowest BCUT2D eigenvalue weighted by Crippen LogP contribution is -2.27. The molecule has 0 aromatic heterocycles. The number of phosphoric ester groups is 1. The molecule has 0 aromatic carbocycles. The molecule has 0 aliphatic heterocycles. The largest absolute Gasteiger partial charge is 0.472 e. The van der Waals surface area contributed by atoms with Gasteiger partial charge >= 0.3 is 13.8 Å². The van der Waals surface area contributed by atoms with Crippen molar-refractivity contribution >= 4 is 13.8 Å². The van der Waals surface area contributed by atoms with Crippen LogP contribution in [0.3, 0.4) is 0 Å². The summed E-state index contributed by atoms with van der Waals surface area (Å²) in [7, 11) is -4.22. The normalized spacial score (nSPS) is 14.3. The number of unbranched alkanes of at least 4 members (excludes halogenated alkanes) is 13. The van der Waals surface area contributed by atoms with Gasteiger partial charge in [0.25, 0.3) is 0 Å². The van der Waals surface area contributed by atoms with E-state index in [1.165, 1.54) is 90.4 Å². The summed E-state index contributed by atoms with van der Waals surface area (Å²) < 4.78 is 31.8. The fraction of sp³-hybridized carbons (Fsp3) is 0.885. The maximum Gasteiger partial charge on any atom is 0.472 e. The van der Waals surface area contributed by atoms with Crippen molar-refractivity contribution in [3.05, 3.63) is 12.2 Å². The fourth-order valence-corrected chi connectivity index (χ4v) is 4.34. The highest BCUT2D eigenvalue weighted by Crippen LogP contribution is 2.43. The monoisotopic (exact) mass is 521 g/mol. The Balaban J connectivity index is 3.62. The van der Waals surface area contributed by atoms with Gasteiger partial charge in [-0.25, -0.2) is 4.57 Å². The average Bonchev–Trinajstić information content (AvgIpc) is 2.82. The number of carbonyl (C=O) groups excluding carboxylic acids is 1.